The van der Waals surface area contributed by atoms with Crippen LogP contribution in [0.25, 0.3) is 17.3 Å². The van der Waals surface area contributed by atoms with Crippen molar-refractivity contribution in [3.8, 4) is 17.3 Å². The van der Waals surface area contributed by atoms with Crippen molar-refractivity contribution in [3.05, 3.63) is 68.3 Å². The number of nitrogens with one attached hydrogen (secondary N) is 1. The highest BCUT2D eigenvalue weighted by Gasteiger charge is 2.23. The third kappa shape index (κ3) is 5.30. The number of hydrogen-bond acceptors (Lipinski definition) is 8. The first-order valence-corrected chi connectivity index (χ1v) is 13.1. The molecule has 4 aromatic rings. The molecule has 0 aliphatic rings. The van der Waals surface area contributed by atoms with Crippen LogP contribution in [0.5, 0.6) is 0 Å². The SMILES string of the molecule is Cc1cc(Cl)cc(-c2nnc(CS(C)(=O)=O)o2)c1NC(=O)c1cc(Br)nn1-c1ncccc1Cl. The van der Waals surface area contributed by atoms with Crippen molar-refractivity contribution in [2.75, 3.05) is 11.6 Å². The number of anilines is 1. The molecular weight excluding hydrogens is 571 g/mol. The molecule has 3 aromatic heterocycles. The Kier molecular flexibility index (Phi) is 6.76. The molecule has 0 aliphatic heterocycles. The minimum atomic E-state index is -3.38. The molecule has 1 aromatic carbocycles. The number of hydrogen-bond donors (Lipinski definition) is 1. The molecule has 14 heteroatoms. The van der Waals surface area contributed by atoms with Crippen molar-refractivity contribution in [1.82, 2.24) is 25.0 Å². The van der Waals surface area contributed by atoms with E-state index in [1.165, 1.54) is 23.0 Å². The lowest BCUT2D eigenvalue weighted by atomic mass is 10.1. The van der Waals surface area contributed by atoms with E-state index in [1.54, 1.807) is 25.1 Å². The van der Waals surface area contributed by atoms with Gasteiger partial charge in [0.2, 0.25) is 11.8 Å². The topological polar surface area (TPSA) is 133 Å². The Morgan fingerprint density at radius 3 is 2.71 bits per heavy atom. The highest BCUT2D eigenvalue weighted by atomic mass is 79.9. The third-order valence-electron chi connectivity index (χ3n) is 4.47. The smallest absolute Gasteiger partial charge is 0.274 e. The second-order valence-corrected chi connectivity index (χ2v) is 11.0. The van der Waals surface area contributed by atoms with E-state index >= 15 is 0 Å². The van der Waals surface area contributed by atoms with Crippen molar-refractivity contribution in [1.29, 1.82) is 0 Å². The standard InChI is InChI=1S/C20H15BrCl2N6O4S/c1-10-6-11(22)7-12(20-27-26-16(33-20)9-34(2,31)32)17(10)25-19(30)14-8-15(21)28-29(14)18-13(23)4-3-5-24-18/h3-8H,9H2,1-2H3,(H,25,30). The van der Waals surface area contributed by atoms with Crippen LogP contribution in [0.15, 0.2) is 45.5 Å². The van der Waals surface area contributed by atoms with Crippen LogP contribution in [0, 0.1) is 6.92 Å². The molecule has 0 bridgehead atoms. The summed E-state index contributed by atoms with van der Waals surface area (Å²) in [6.07, 6.45) is 2.59. The fourth-order valence-corrected chi connectivity index (χ4v) is 4.52. The average molecular weight is 586 g/mol. The molecule has 0 radical (unpaired) electrons. The quantitative estimate of drug-likeness (QED) is 0.350. The summed E-state index contributed by atoms with van der Waals surface area (Å²) in [6.45, 7) is 1.74. The van der Waals surface area contributed by atoms with Gasteiger partial charge in [-0.15, -0.1) is 10.2 Å². The van der Waals surface area contributed by atoms with E-state index in [2.05, 4.69) is 41.5 Å². The molecule has 34 heavy (non-hydrogen) atoms. The Hall–Kier alpha value is -2.80. The van der Waals surface area contributed by atoms with Gasteiger partial charge in [-0.3, -0.25) is 4.79 Å². The molecule has 176 valence electrons. The van der Waals surface area contributed by atoms with E-state index in [0.717, 1.165) is 6.26 Å². The maximum absolute atomic E-state index is 13.3. The maximum atomic E-state index is 13.3. The average Bonchev–Trinajstić information content (AvgIpc) is 3.35. The second kappa shape index (κ2) is 9.45. The summed E-state index contributed by atoms with van der Waals surface area (Å²) in [6, 6.07) is 7.99. The van der Waals surface area contributed by atoms with Crippen LogP contribution >= 0.6 is 39.1 Å². The molecule has 4 rings (SSSR count). The molecule has 1 N–H and O–H groups in total. The summed E-state index contributed by atoms with van der Waals surface area (Å²) < 4.78 is 30.4. The first-order valence-electron chi connectivity index (χ1n) is 9.50. The van der Waals surface area contributed by atoms with Gasteiger partial charge in [-0.1, -0.05) is 23.2 Å². The largest absolute Gasteiger partial charge is 0.420 e. The van der Waals surface area contributed by atoms with Gasteiger partial charge in [0.25, 0.3) is 5.91 Å². The van der Waals surface area contributed by atoms with Gasteiger partial charge < -0.3 is 9.73 Å². The normalized spacial score (nSPS) is 11.6. The molecule has 0 saturated heterocycles. The number of aromatic nitrogens is 5. The predicted molar refractivity (Wildman–Crippen MR) is 130 cm³/mol. The maximum Gasteiger partial charge on any atom is 0.274 e. The van der Waals surface area contributed by atoms with E-state index in [-0.39, 0.29) is 23.3 Å². The number of nitrogens with zero attached hydrogens (tertiary/aromatic N) is 5. The summed E-state index contributed by atoms with van der Waals surface area (Å²) in [5, 5.41) is 15.5. The van der Waals surface area contributed by atoms with Gasteiger partial charge in [0.15, 0.2) is 15.7 Å². The first-order chi connectivity index (χ1) is 16.0. The molecule has 0 aliphatic carbocycles. The van der Waals surface area contributed by atoms with E-state index in [1.807, 2.05) is 0 Å². The van der Waals surface area contributed by atoms with Crippen molar-refractivity contribution >= 4 is 60.6 Å². The van der Waals surface area contributed by atoms with Gasteiger partial charge >= 0.3 is 0 Å². The summed E-state index contributed by atoms with van der Waals surface area (Å²) in [7, 11) is -3.38. The Morgan fingerprint density at radius 1 is 1.24 bits per heavy atom. The lowest BCUT2D eigenvalue weighted by Gasteiger charge is -2.13. The van der Waals surface area contributed by atoms with Crippen molar-refractivity contribution in [2.45, 2.75) is 12.7 Å². The second-order valence-electron chi connectivity index (χ2n) is 7.24. The number of carbonyl (C=O) groups excluding carboxylic acids is 1. The zero-order valence-electron chi connectivity index (χ0n) is 17.6. The number of aryl methyl sites for hydroxylation is 1. The van der Waals surface area contributed by atoms with Crippen molar-refractivity contribution in [3.63, 3.8) is 0 Å². The monoisotopic (exact) mass is 584 g/mol. The molecule has 3 heterocycles. The first kappa shape index (κ1) is 24.3. The lowest BCUT2D eigenvalue weighted by Crippen LogP contribution is -2.18. The van der Waals surface area contributed by atoms with Crippen LogP contribution in [0.3, 0.4) is 0 Å². The number of carbonyl (C=O) groups is 1. The number of sulfone groups is 1. The Bertz CT molecular complexity index is 1520. The van der Waals surface area contributed by atoms with Gasteiger partial charge in [-0.25, -0.2) is 18.1 Å². The lowest BCUT2D eigenvalue weighted by molar-refractivity contribution is 0.101. The van der Waals surface area contributed by atoms with E-state index < -0.39 is 21.5 Å². The molecular formula is C20H15BrCl2N6O4S. The highest BCUT2D eigenvalue weighted by Crippen LogP contribution is 2.34. The Labute approximate surface area is 212 Å². The van der Waals surface area contributed by atoms with Gasteiger partial charge in [-0.05, 0) is 52.7 Å². The van der Waals surface area contributed by atoms with Crippen molar-refractivity contribution in [2.24, 2.45) is 0 Å². The van der Waals surface area contributed by atoms with Crippen LogP contribution in [-0.2, 0) is 15.6 Å². The summed E-state index contributed by atoms with van der Waals surface area (Å²) in [5.74, 6) is -0.752. The number of pyridine rings is 1. The van der Waals surface area contributed by atoms with E-state index in [4.69, 9.17) is 27.6 Å². The highest BCUT2D eigenvalue weighted by molar-refractivity contribution is 9.10. The number of benzene rings is 1. The molecule has 0 fully saturated rings. The van der Waals surface area contributed by atoms with E-state index in [9.17, 15) is 13.2 Å². The fraction of sp³-hybridized carbons (Fsp3) is 0.150. The van der Waals surface area contributed by atoms with Crippen LogP contribution in [0.2, 0.25) is 10.0 Å². The van der Waals surface area contributed by atoms with Crippen LogP contribution in [-0.4, -0.2) is 45.5 Å². The molecule has 0 spiro atoms. The van der Waals surface area contributed by atoms with Crippen molar-refractivity contribution < 1.29 is 17.6 Å². The van der Waals surface area contributed by atoms with Crippen LogP contribution in [0.4, 0.5) is 5.69 Å². The summed E-state index contributed by atoms with van der Waals surface area (Å²) in [5.41, 5.74) is 1.43. The molecule has 1 amide bonds. The number of halogens is 3. The van der Waals surface area contributed by atoms with Gasteiger partial charge in [0, 0.05) is 23.5 Å². The minimum Gasteiger partial charge on any atom is -0.420 e. The van der Waals surface area contributed by atoms with Gasteiger partial charge in [0.05, 0.1) is 16.3 Å². The zero-order chi connectivity index (χ0) is 24.6. The molecule has 0 saturated carbocycles. The van der Waals surface area contributed by atoms with E-state index in [0.29, 0.717) is 31.5 Å². The Balaban J connectivity index is 1.74. The summed E-state index contributed by atoms with van der Waals surface area (Å²) >= 11 is 15.7. The number of rotatable bonds is 6. The number of amides is 1. The molecule has 0 atom stereocenters. The van der Waals surface area contributed by atoms with Crippen LogP contribution < -0.4 is 5.32 Å². The Morgan fingerprint density at radius 2 is 2.00 bits per heavy atom. The molecule has 10 nitrogen and oxygen atoms in total. The third-order valence-corrected chi connectivity index (χ3v) is 6.15. The summed E-state index contributed by atoms with van der Waals surface area (Å²) in [4.78, 5) is 17.5. The van der Waals surface area contributed by atoms with Gasteiger partial charge in [-0.2, -0.15) is 5.10 Å². The van der Waals surface area contributed by atoms with Gasteiger partial charge in [0.1, 0.15) is 16.0 Å². The predicted octanol–water partition coefficient (Wildman–Crippen LogP) is 4.49. The minimum absolute atomic E-state index is 0.00186. The molecule has 0 unspecified atom stereocenters. The van der Waals surface area contributed by atoms with Crippen LogP contribution in [0.1, 0.15) is 21.9 Å². The zero-order valence-corrected chi connectivity index (χ0v) is 21.5. The fourth-order valence-electron chi connectivity index (χ4n) is 3.11.